The maximum Gasteiger partial charge on any atom is 0.184 e. The highest BCUT2D eigenvalue weighted by Crippen LogP contribution is 2.38. The summed E-state index contributed by atoms with van der Waals surface area (Å²) in [5.74, 6) is 0.152. The van der Waals surface area contributed by atoms with Gasteiger partial charge in [0.2, 0.25) is 0 Å². The van der Waals surface area contributed by atoms with E-state index in [1.807, 2.05) is 30.3 Å². The molecule has 0 radical (unpaired) electrons. The van der Waals surface area contributed by atoms with Crippen LogP contribution in [0.3, 0.4) is 0 Å². The Labute approximate surface area is 155 Å². The van der Waals surface area contributed by atoms with Crippen LogP contribution in [0.1, 0.15) is 11.9 Å². The van der Waals surface area contributed by atoms with Crippen LogP contribution in [0.15, 0.2) is 59.5 Å². The van der Waals surface area contributed by atoms with E-state index >= 15 is 0 Å². The van der Waals surface area contributed by atoms with Gasteiger partial charge >= 0.3 is 0 Å². The topological polar surface area (TPSA) is 88.4 Å². The average Bonchev–Trinajstić information content (AvgIpc) is 2.67. The molecule has 2 aromatic rings. The van der Waals surface area contributed by atoms with Gasteiger partial charge in [-0.1, -0.05) is 42.1 Å². The van der Waals surface area contributed by atoms with Crippen molar-refractivity contribution >= 4 is 11.8 Å². The van der Waals surface area contributed by atoms with Crippen LogP contribution in [-0.2, 0) is 14.2 Å². The molecule has 138 valence electrons. The van der Waals surface area contributed by atoms with Crippen LogP contribution in [-0.4, -0.2) is 51.8 Å². The smallest absolute Gasteiger partial charge is 0.184 e. The number of rotatable bonds is 3. The van der Waals surface area contributed by atoms with Crippen LogP contribution in [0.4, 0.5) is 0 Å². The molecule has 7 heteroatoms. The van der Waals surface area contributed by atoms with Crippen LogP contribution in [0.25, 0.3) is 0 Å². The molecule has 6 nitrogen and oxygen atoms in total. The molecule has 4 rings (SSSR count). The van der Waals surface area contributed by atoms with Gasteiger partial charge in [-0.2, -0.15) is 0 Å². The molecule has 2 aromatic carbocycles. The lowest BCUT2D eigenvalue weighted by atomic mass is 9.99. The Bertz CT molecular complexity index is 723. The van der Waals surface area contributed by atoms with Crippen molar-refractivity contribution in [3.63, 3.8) is 0 Å². The molecule has 26 heavy (non-hydrogen) atoms. The van der Waals surface area contributed by atoms with Gasteiger partial charge in [0.15, 0.2) is 6.29 Å². The monoisotopic (exact) mass is 376 g/mol. The largest absolute Gasteiger partial charge is 0.508 e. The van der Waals surface area contributed by atoms with Crippen molar-refractivity contribution in [2.75, 3.05) is 6.61 Å². The third-order valence-corrected chi connectivity index (χ3v) is 5.66. The lowest BCUT2D eigenvalue weighted by molar-refractivity contribution is -0.318. The lowest BCUT2D eigenvalue weighted by Crippen LogP contribution is -2.60. The van der Waals surface area contributed by atoms with Crippen LogP contribution in [0.5, 0.6) is 5.75 Å². The van der Waals surface area contributed by atoms with Gasteiger partial charge in [0.1, 0.15) is 35.6 Å². The van der Waals surface area contributed by atoms with Gasteiger partial charge in [0, 0.05) is 10.5 Å². The molecule has 2 aliphatic rings. The second kappa shape index (κ2) is 7.56. The SMILES string of the molecule is Oc1ccc(C2OC[C@H]3O[C@H](Sc4ccccc4)[C@@H](O)[C@H](O)C3O2)cc1. The fraction of sp³-hybridized carbons (Fsp3) is 0.368. The molecule has 0 aromatic heterocycles. The van der Waals surface area contributed by atoms with Crippen molar-refractivity contribution < 1.29 is 29.5 Å². The zero-order valence-corrected chi connectivity index (χ0v) is 14.7. The number of benzene rings is 2. The van der Waals surface area contributed by atoms with Gasteiger partial charge in [-0.25, -0.2) is 0 Å². The van der Waals surface area contributed by atoms with E-state index in [1.165, 1.54) is 11.8 Å². The van der Waals surface area contributed by atoms with E-state index in [0.29, 0.717) is 0 Å². The summed E-state index contributed by atoms with van der Waals surface area (Å²) in [5, 5.41) is 30.4. The Morgan fingerprint density at radius 2 is 1.62 bits per heavy atom. The lowest BCUT2D eigenvalue weighted by Gasteiger charge is -2.46. The minimum absolute atomic E-state index is 0.152. The van der Waals surface area contributed by atoms with E-state index in [9.17, 15) is 15.3 Å². The Morgan fingerprint density at radius 1 is 0.885 bits per heavy atom. The van der Waals surface area contributed by atoms with E-state index in [1.54, 1.807) is 24.3 Å². The first-order valence-electron chi connectivity index (χ1n) is 8.41. The van der Waals surface area contributed by atoms with Crippen LogP contribution in [0.2, 0.25) is 0 Å². The maximum absolute atomic E-state index is 10.6. The molecule has 2 aliphatic heterocycles. The second-order valence-electron chi connectivity index (χ2n) is 6.31. The second-order valence-corrected chi connectivity index (χ2v) is 7.48. The zero-order valence-electron chi connectivity index (χ0n) is 13.8. The molecule has 6 atom stereocenters. The predicted molar refractivity (Wildman–Crippen MR) is 94.6 cm³/mol. The summed E-state index contributed by atoms with van der Waals surface area (Å²) in [6.07, 6.45) is -4.01. The quantitative estimate of drug-likeness (QED) is 0.755. The number of thioether (sulfide) groups is 1. The van der Waals surface area contributed by atoms with Crippen molar-refractivity contribution in [2.24, 2.45) is 0 Å². The van der Waals surface area contributed by atoms with Crippen LogP contribution >= 0.6 is 11.8 Å². The van der Waals surface area contributed by atoms with Crippen molar-refractivity contribution in [3.8, 4) is 5.75 Å². The summed E-state index contributed by atoms with van der Waals surface area (Å²) in [6.45, 7) is 0.242. The molecular weight excluding hydrogens is 356 g/mol. The minimum atomic E-state index is -1.08. The first-order valence-corrected chi connectivity index (χ1v) is 9.29. The Balaban J connectivity index is 1.45. The normalized spacial score (nSPS) is 34.2. The standard InChI is InChI=1S/C19H20O6S/c20-12-8-6-11(7-9-12)18-23-10-14-17(25-18)15(21)16(22)19(24-14)26-13-4-2-1-3-5-13/h1-9,14-22H,10H2/t14-,15+,16+,17?,18?,19-/m1/s1. The number of fused-ring (bicyclic) bond motifs is 1. The summed E-state index contributed by atoms with van der Waals surface area (Å²) in [4.78, 5) is 0.946. The number of hydrogen-bond acceptors (Lipinski definition) is 7. The zero-order chi connectivity index (χ0) is 18.1. The fourth-order valence-electron chi connectivity index (χ4n) is 3.11. The van der Waals surface area contributed by atoms with Gasteiger partial charge < -0.3 is 29.5 Å². The van der Waals surface area contributed by atoms with Gasteiger partial charge in [-0.05, 0) is 24.3 Å². The van der Waals surface area contributed by atoms with Crippen molar-refractivity contribution in [1.29, 1.82) is 0 Å². The third kappa shape index (κ3) is 3.59. The molecule has 0 amide bonds. The first-order chi connectivity index (χ1) is 12.6. The van der Waals surface area contributed by atoms with E-state index < -0.39 is 36.1 Å². The Kier molecular flexibility index (Phi) is 5.17. The number of aliphatic hydroxyl groups excluding tert-OH is 2. The Morgan fingerprint density at radius 3 is 2.35 bits per heavy atom. The highest BCUT2D eigenvalue weighted by Gasteiger charge is 2.49. The number of aliphatic hydroxyl groups is 2. The highest BCUT2D eigenvalue weighted by molar-refractivity contribution is 7.99. The van der Waals surface area contributed by atoms with Gasteiger partial charge in [0.25, 0.3) is 0 Å². The summed E-state index contributed by atoms with van der Waals surface area (Å²) < 4.78 is 17.5. The van der Waals surface area contributed by atoms with Gasteiger partial charge in [-0.3, -0.25) is 0 Å². The third-order valence-electron chi connectivity index (χ3n) is 4.49. The number of phenols is 1. The molecule has 3 N–H and O–H groups in total. The fourth-order valence-corrected chi connectivity index (χ4v) is 4.19. The molecular formula is C19H20O6S. The molecule has 2 saturated heterocycles. The van der Waals surface area contributed by atoms with Crippen LogP contribution < -0.4 is 0 Å². The molecule has 2 heterocycles. The minimum Gasteiger partial charge on any atom is -0.508 e. The van der Waals surface area contributed by atoms with Gasteiger partial charge in [-0.15, -0.1) is 0 Å². The molecule has 0 spiro atoms. The van der Waals surface area contributed by atoms with Gasteiger partial charge in [0.05, 0.1) is 6.61 Å². The maximum atomic E-state index is 10.6. The number of hydrogen-bond donors (Lipinski definition) is 3. The number of ether oxygens (including phenoxy) is 3. The Hall–Kier alpha value is -1.61. The molecule has 0 saturated carbocycles. The molecule has 2 fully saturated rings. The summed E-state index contributed by atoms with van der Waals surface area (Å²) in [6, 6.07) is 16.1. The molecule has 0 bridgehead atoms. The van der Waals surface area contributed by atoms with Crippen molar-refractivity contribution in [2.45, 2.75) is 41.0 Å². The van der Waals surface area contributed by atoms with E-state index in [2.05, 4.69) is 0 Å². The van der Waals surface area contributed by atoms with E-state index in [-0.39, 0.29) is 12.4 Å². The van der Waals surface area contributed by atoms with Crippen molar-refractivity contribution in [3.05, 3.63) is 60.2 Å². The summed E-state index contributed by atoms with van der Waals surface area (Å²) in [5.41, 5.74) is 0.120. The first kappa shape index (κ1) is 17.8. The average molecular weight is 376 g/mol. The highest BCUT2D eigenvalue weighted by atomic mass is 32.2. The van der Waals surface area contributed by atoms with Crippen LogP contribution in [0, 0.1) is 0 Å². The summed E-state index contributed by atoms with van der Waals surface area (Å²) in [7, 11) is 0. The number of phenolic OH excluding ortho intramolecular Hbond substituents is 1. The number of aromatic hydroxyl groups is 1. The molecule has 2 unspecified atom stereocenters. The molecule has 0 aliphatic carbocycles. The summed E-state index contributed by atoms with van der Waals surface area (Å²) >= 11 is 1.36. The van der Waals surface area contributed by atoms with Crippen molar-refractivity contribution in [1.82, 2.24) is 0 Å². The van der Waals surface area contributed by atoms with E-state index in [4.69, 9.17) is 14.2 Å². The predicted octanol–water partition coefficient (Wildman–Crippen LogP) is 2.05. The van der Waals surface area contributed by atoms with E-state index in [0.717, 1.165) is 10.5 Å².